The van der Waals surface area contributed by atoms with Crippen LogP contribution in [0.2, 0.25) is 0 Å². The largest absolute Gasteiger partial charge is 0.469 e. The normalized spacial score (nSPS) is 36.6. The minimum atomic E-state index is -0.132. The number of carbonyl (C=O) groups excluding carboxylic acids is 1. The molecule has 2 aliphatic carbocycles. The number of rotatable bonds is 7. The first-order chi connectivity index (χ1) is 12.2. The van der Waals surface area contributed by atoms with Gasteiger partial charge in [0.1, 0.15) is 0 Å². The molecule has 0 radical (unpaired) electrons. The van der Waals surface area contributed by atoms with Crippen molar-refractivity contribution in [3.8, 4) is 0 Å². The molecular weight excluding hydrogens is 320 g/mol. The minimum absolute atomic E-state index is 0.0695. The summed E-state index contributed by atoms with van der Waals surface area (Å²) in [5.41, 5.74) is 1.49. The number of allylic oxidation sites excluding steroid dienone is 2. The number of ether oxygens (including phenoxy) is 3. The van der Waals surface area contributed by atoms with Crippen LogP contribution in [0.25, 0.3) is 0 Å². The SMILES string of the molecule is COC(=O)CCC/C=C1\C[C@H]2CC(OC3CCCCO3)[C@H](CO)[C@H]2C1. The van der Waals surface area contributed by atoms with Gasteiger partial charge in [0.15, 0.2) is 6.29 Å². The van der Waals surface area contributed by atoms with Gasteiger partial charge in [0, 0.05) is 25.6 Å². The fourth-order valence-corrected chi connectivity index (χ4v) is 4.79. The first-order valence-corrected chi connectivity index (χ1v) is 9.84. The molecule has 0 amide bonds. The van der Waals surface area contributed by atoms with Crippen LogP contribution >= 0.6 is 0 Å². The molecule has 0 aromatic carbocycles. The number of hydrogen-bond acceptors (Lipinski definition) is 5. The van der Waals surface area contributed by atoms with E-state index < -0.39 is 0 Å². The molecule has 1 N–H and O–H groups in total. The van der Waals surface area contributed by atoms with Gasteiger partial charge in [0.2, 0.25) is 0 Å². The zero-order valence-corrected chi connectivity index (χ0v) is 15.3. The smallest absolute Gasteiger partial charge is 0.305 e. The Labute approximate surface area is 150 Å². The summed E-state index contributed by atoms with van der Waals surface area (Å²) in [4.78, 5) is 11.2. The fraction of sp³-hybridized carbons (Fsp3) is 0.850. The third kappa shape index (κ3) is 4.83. The quantitative estimate of drug-likeness (QED) is 0.433. The molecule has 2 saturated carbocycles. The lowest BCUT2D eigenvalue weighted by Crippen LogP contribution is -2.32. The maximum atomic E-state index is 11.2. The molecule has 3 fully saturated rings. The molecular formula is C20H32O5. The molecule has 0 bridgehead atoms. The number of unbranched alkanes of at least 4 members (excludes halogenated alkanes) is 1. The summed E-state index contributed by atoms with van der Waals surface area (Å²) in [5, 5.41) is 9.91. The fourth-order valence-electron chi connectivity index (χ4n) is 4.79. The maximum Gasteiger partial charge on any atom is 0.305 e. The second-order valence-electron chi connectivity index (χ2n) is 7.72. The van der Waals surface area contributed by atoms with Gasteiger partial charge in [-0.15, -0.1) is 0 Å². The van der Waals surface area contributed by atoms with E-state index in [2.05, 4.69) is 10.8 Å². The molecule has 142 valence electrons. The highest BCUT2D eigenvalue weighted by molar-refractivity contribution is 5.69. The summed E-state index contributed by atoms with van der Waals surface area (Å²) in [6, 6.07) is 0. The van der Waals surface area contributed by atoms with E-state index in [4.69, 9.17) is 9.47 Å². The average Bonchev–Trinajstić information content (AvgIpc) is 3.16. The average molecular weight is 352 g/mol. The summed E-state index contributed by atoms with van der Waals surface area (Å²) in [6.45, 7) is 1.00. The molecule has 5 atom stereocenters. The Kier molecular flexibility index (Phi) is 6.91. The van der Waals surface area contributed by atoms with Crippen molar-refractivity contribution >= 4 is 5.97 Å². The van der Waals surface area contributed by atoms with Gasteiger partial charge < -0.3 is 19.3 Å². The van der Waals surface area contributed by atoms with Crippen LogP contribution in [0.3, 0.4) is 0 Å². The zero-order chi connectivity index (χ0) is 17.6. The van der Waals surface area contributed by atoms with Crippen molar-refractivity contribution in [3.05, 3.63) is 11.6 Å². The molecule has 1 aliphatic heterocycles. The predicted molar refractivity (Wildman–Crippen MR) is 93.8 cm³/mol. The number of hydrogen-bond donors (Lipinski definition) is 1. The predicted octanol–water partition coefficient (Wildman–Crippen LogP) is 3.21. The minimum Gasteiger partial charge on any atom is -0.469 e. The third-order valence-electron chi connectivity index (χ3n) is 6.11. The second-order valence-corrected chi connectivity index (χ2v) is 7.72. The van der Waals surface area contributed by atoms with Gasteiger partial charge in [0.05, 0.1) is 13.2 Å². The van der Waals surface area contributed by atoms with Crippen molar-refractivity contribution in [2.45, 2.75) is 70.2 Å². The summed E-state index contributed by atoms with van der Waals surface area (Å²) in [5.74, 6) is 1.26. The van der Waals surface area contributed by atoms with Crippen LogP contribution in [-0.4, -0.2) is 43.8 Å². The van der Waals surface area contributed by atoms with E-state index >= 15 is 0 Å². The van der Waals surface area contributed by atoms with E-state index in [1.807, 2.05) is 0 Å². The van der Waals surface area contributed by atoms with E-state index in [9.17, 15) is 9.90 Å². The Hall–Kier alpha value is -0.910. The van der Waals surface area contributed by atoms with Crippen molar-refractivity contribution in [2.75, 3.05) is 20.3 Å². The first kappa shape index (κ1) is 18.9. The number of methoxy groups -OCH3 is 1. The van der Waals surface area contributed by atoms with Crippen LogP contribution < -0.4 is 0 Å². The molecule has 1 heterocycles. The van der Waals surface area contributed by atoms with Crippen molar-refractivity contribution in [2.24, 2.45) is 17.8 Å². The van der Waals surface area contributed by atoms with Crippen LogP contribution in [0, 0.1) is 17.8 Å². The van der Waals surface area contributed by atoms with Crippen LogP contribution in [0.1, 0.15) is 57.8 Å². The van der Waals surface area contributed by atoms with Gasteiger partial charge in [-0.05, 0) is 63.2 Å². The molecule has 0 aromatic rings. The molecule has 3 rings (SSSR count). The highest BCUT2D eigenvalue weighted by atomic mass is 16.7. The van der Waals surface area contributed by atoms with E-state index in [0.29, 0.717) is 18.3 Å². The number of aliphatic hydroxyl groups excluding tert-OH is 1. The monoisotopic (exact) mass is 352 g/mol. The Morgan fingerprint density at radius 3 is 2.96 bits per heavy atom. The summed E-state index contributed by atoms with van der Waals surface area (Å²) < 4.78 is 16.6. The lowest BCUT2D eigenvalue weighted by molar-refractivity contribution is -0.198. The Morgan fingerprint density at radius 1 is 1.36 bits per heavy atom. The van der Waals surface area contributed by atoms with Crippen molar-refractivity contribution in [1.82, 2.24) is 0 Å². The van der Waals surface area contributed by atoms with E-state index in [1.54, 1.807) is 0 Å². The highest BCUT2D eigenvalue weighted by Crippen LogP contribution is 2.51. The van der Waals surface area contributed by atoms with Gasteiger partial charge in [0.25, 0.3) is 0 Å². The second kappa shape index (κ2) is 9.15. The molecule has 2 unspecified atom stereocenters. The maximum absolute atomic E-state index is 11.2. The summed E-state index contributed by atoms with van der Waals surface area (Å²) in [6.07, 6.45) is 11.1. The van der Waals surface area contributed by atoms with Gasteiger partial charge >= 0.3 is 5.97 Å². The number of fused-ring (bicyclic) bond motifs is 1. The van der Waals surface area contributed by atoms with E-state index in [-0.39, 0.29) is 30.9 Å². The van der Waals surface area contributed by atoms with Crippen molar-refractivity contribution in [3.63, 3.8) is 0 Å². The van der Waals surface area contributed by atoms with Crippen LogP contribution in [0.15, 0.2) is 11.6 Å². The van der Waals surface area contributed by atoms with Gasteiger partial charge in [-0.1, -0.05) is 11.6 Å². The van der Waals surface area contributed by atoms with Crippen LogP contribution in [0.4, 0.5) is 0 Å². The lowest BCUT2D eigenvalue weighted by Gasteiger charge is -2.29. The molecule has 0 spiro atoms. The van der Waals surface area contributed by atoms with Gasteiger partial charge in [-0.25, -0.2) is 0 Å². The van der Waals surface area contributed by atoms with Gasteiger partial charge in [-0.3, -0.25) is 4.79 Å². The third-order valence-corrected chi connectivity index (χ3v) is 6.11. The summed E-state index contributed by atoms with van der Waals surface area (Å²) in [7, 11) is 1.44. The van der Waals surface area contributed by atoms with Crippen molar-refractivity contribution < 1.29 is 24.1 Å². The molecule has 3 aliphatic rings. The number of aliphatic hydroxyl groups is 1. The Morgan fingerprint density at radius 2 is 2.24 bits per heavy atom. The molecule has 5 heteroatoms. The van der Waals surface area contributed by atoms with E-state index in [0.717, 1.165) is 51.6 Å². The van der Waals surface area contributed by atoms with Crippen LogP contribution in [0.5, 0.6) is 0 Å². The Bertz CT molecular complexity index is 469. The van der Waals surface area contributed by atoms with Crippen LogP contribution in [-0.2, 0) is 19.0 Å². The molecule has 1 saturated heterocycles. The molecule has 5 nitrogen and oxygen atoms in total. The number of carbonyl (C=O) groups is 1. The topological polar surface area (TPSA) is 65.0 Å². The van der Waals surface area contributed by atoms with Gasteiger partial charge in [-0.2, -0.15) is 0 Å². The first-order valence-electron chi connectivity index (χ1n) is 9.84. The van der Waals surface area contributed by atoms with E-state index in [1.165, 1.54) is 19.1 Å². The van der Waals surface area contributed by atoms with Crippen molar-refractivity contribution in [1.29, 1.82) is 0 Å². The molecule has 0 aromatic heterocycles. The molecule has 25 heavy (non-hydrogen) atoms. The zero-order valence-electron chi connectivity index (χ0n) is 15.3. The Balaban J connectivity index is 1.47. The lowest BCUT2D eigenvalue weighted by atomic mass is 9.92. The standard InChI is InChI=1S/C20H32O5/c1-23-19(22)7-3-2-6-14-10-15-12-18(17(13-21)16(15)11-14)25-20-8-4-5-9-24-20/h6,15-18,20-21H,2-5,7-13H2,1H3/b14-6+/t15-,16-,17+,18?,20?/m0/s1. The highest BCUT2D eigenvalue weighted by Gasteiger charge is 2.47. The summed E-state index contributed by atoms with van der Waals surface area (Å²) >= 11 is 0. The number of esters is 1.